The predicted octanol–water partition coefficient (Wildman–Crippen LogP) is 5.59. The van der Waals surface area contributed by atoms with E-state index in [2.05, 4.69) is 5.10 Å². The number of alkyl halides is 2. The summed E-state index contributed by atoms with van der Waals surface area (Å²) >= 11 is 12.3. The standard InChI is InChI=1S/C20H15Cl2F2N3O/c1-20(23,24)10-26-11-27-18(19(26)28)16(12-6-8-13(21)9-7-12)17(25-27)14-4-2-3-5-15(14)22/h2-9H,10-11H2,1H3. The second kappa shape index (κ2) is 6.87. The lowest BCUT2D eigenvalue weighted by atomic mass is 9.98. The number of amides is 1. The van der Waals surface area contributed by atoms with Crippen LogP contribution in [0.5, 0.6) is 0 Å². The van der Waals surface area contributed by atoms with E-state index in [1.165, 1.54) is 4.68 Å². The van der Waals surface area contributed by atoms with Gasteiger partial charge in [-0.3, -0.25) is 4.79 Å². The van der Waals surface area contributed by atoms with E-state index in [1.807, 2.05) is 12.1 Å². The topological polar surface area (TPSA) is 38.1 Å². The third kappa shape index (κ3) is 3.38. The zero-order valence-electron chi connectivity index (χ0n) is 14.8. The van der Waals surface area contributed by atoms with Gasteiger partial charge < -0.3 is 4.90 Å². The summed E-state index contributed by atoms with van der Waals surface area (Å²) in [6.45, 7) is 0.0793. The molecule has 28 heavy (non-hydrogen) atoms. The van der Waals surface area contributed by atoms with Gasteiger partial charge in [-0.05, 0) is 23.8 Å². The smallest absolute Gasteiger partial charge is 0.274 e. The van der Waals surface area contributed by atoms with Gasteiger partial charge in [-0.2, -0.15) is 5.10 Å². The van der Waals surface area contributed by atoms with E-state index >= 15 is 0 Å². The molecule has 1 aromatic heterocycles. The highest BCUT2D eigenvalue weighted by Gasteiger charge is 2.38. The number of nitrogens with zero attached hydrogens (tertiary/aromatic N) is 3. The first kappa shape index (κ1) is 18.9. The molecule has 2 aromatic carbocycles. The van der Waals surface area contributed by atoms with Crippen LogP contribution in [-0.2, 0) is 6.67 Å². The molecule has 8 heteroatoms. The highest BCUT2D eigenvalue weighted by Crippen LogP contribution is 2.40. The number of aromatic nitrogens is 2. The Balaban J connectivity index is 1.89. The van der Waals surface area contributed by atoms with E-state index in [0.717, 1.165) is 11.8 Å². The number of carbonyl (C=O) groups is 1. The third-order valence-electron chi connectivity index (χ3n) is 4.48. The van der Waals surface area contributed by atoms with Gasteiger partial charge in [0.2, 0.25) is 0 Å². The van der Waals surface area contributed by atoms with Gasteiger partial charge in [0.25, 0.3) is 11.8 Å². The van der Waals surface area contributed by atoms with Crippen LogP contribution in [0.3, 0.4) is 0 Å². The van der Waals surface area contributed by atoms with Crippen molar-refractivity contribution < 1.29 is 13.6 Å². The maximum absolute atomic E-state index is 13.5. The lowest BCUT2D eigenvalue weighted by Gasteiger charge is -2.20. The number of fused-ring (bicyclic) bond motifs is 1. The van der Waals surface area contributed by atoms with Crippen molar-refractivity contribution in [1.29, 1.82) is 0 Å². The van der Waals surface area contributed by atoms with E-state index in [0.29, 0.717) is 32.4 Å². The molecule has 0 unspecified atom stereocenters. The molecule has 0 saturated carbocycles. The second-order valence-electron chi connectivity index (χ2n) is 6.77. The number of rotatable bonds is 4. The Morgan fingerprint density at radius 2 is 1.79 bits per heavy atom. The minimum Gasteiger partial charge on any atom is -0.312 e. The molecule has 0 bridgehead atoms. The average molecular weight is 422 g/mol. The number of benzene rings is 2. The lowest BCUT2D eigenvalue weighted by molar-refractivity contribution is -0.0137. The van der Waals surface area contributed by atoms with Crippen LogP contribution in [0, 0.1) is 0 Å². The fraction of sp³-hybridized carbons (Fsp3) is 0.200. The summed E-state index contributed by atoms with van der Waals surface area (Å²) in [7, 11) is 0. The molecule has 4 nitrogen and oxygen atoms in total. The second-order valence-corrected chi connectivity index (χ2v) is 7.62. The van der Waals surface area contributed by atoms with Crippen LogP contribution in [0.4, 0.5) is 8.78 Å². The van der Waals surface area contributed by atoms with Crippen molar-refractivity contribution in [1.82, 2.24) is 14.7 Å². The van der Waals surface area contributed by atoms with Crippen molar-refractivity contribution >= 4 is 29.1 Å². The molecule has 2 heterocycles. The number of halogens is 4. The number of carbonyl (C=O) groups excluding carboxylic acids is 1. The number of hydrogen-bond donors (Lipinski definition) is 0. The zero-order chi connectivity index (χ0) is 20.1. The van der Waals surface area contributed by atoms with Crippen molar-refractivity contribution in [3.8, 4) is 22.4 Å². The molecule has 0 atom stereocenters. The molecule has 3 aromatic rings. The van der Waals surface area contributed by atoms with Crippen LogP contribution in [0.15, 0.2) is 48.5 Å². The van der Waals surface area contributed by atoms with Crippen LogP contribution in [0.25, 0.3) is 22.4 Å². The Morgan fingerprint density at radius 3 is 2.43 bits per heavy atom. The summed E-state index contributed by atoms with van der Waals surface area (Å²) in [4.78, 5) is 14.0. The molecule has 1 amide bonds. The average Bonchev–Trinajstić information content (AvgIpc) is 3.12. The van der Waals surface area contributed by atoms with Crippen molar-refractivity contribution in [3.05, 3.63) is 64.3 Å². The molecule has 1 aliphatic rings. The van der Waals surface area contributed by atoms with E-state index < -0.39 is 18.4 Å². The van der Waals surface area contributed by atoms with Gasteiger partial charge in [0.15, 0.2) is 0 Å². The highest BCUT2D eigenvalue weighted by molar-refractivity contribution is 6.33. The summed E-state index contributed by atoms with van der Waals surface area (Å²) in [6.07, 6.45) is 0. The fourth-order valence-electron chi connectivity index (χ4n) is 3.35. The summed E-state index contributed by atoms with van der Waals surface area (Å²) < 4.78 is 28.4. The summed E-state index contributed by atoms with van der Waals surface area (Å²) in [5.74, 6) is -3.48. The molecular formula is C20H15Cl2F2N3O. The molecule has 0 N–H and O–H groups in total. The normalized spacial score (nSPS) is 13.9. The first-order valence-corrected chi connectivity index (χ1v) is 9.29. The molecule has 0 spiro atoms. The van der Waals surface area contributed by atoms with Gasteiger partial charge in [-0.1, -0.05) is 53.5 Å². The summed E-state index contributed by atoms with van der Waals surface area (Å²) in [5, 5.41) is 5.57. The third-order valence-corrected chi connectivity index (χ3v) is 5.06. The Bertz CT molecular complexity index is 1060. The quantitative estimate of drug-likeness (QED) is 0.550. The van der Waals surface area contributed by atoms with Crippen LogP contribution in [0.2, 0.25) is 10.0 Å². The maximum Gasteiger partial charge on any atom is 0.274 e. The van der Waals surface area contributed by atoms with E-state index in [4.69, 9.17) is 23.2 Å². The molecule has 144 valence electrons. The summed E-state index contributed by atoms with van der Waals surface area (Å²) in [5.41, 5.74) is 2.72. The largest absolute Gasteiger partial charge is 0.312 e. The molecule has 0 saturated heterocycles. The monoisotopic (exact) mass is 421 g/mol. The van der Waals surface area contributed by atoms with E-state index in [-0.39, 0.29) is 12.4 Å². The first-order chi connectivity index (χ1) is 13.2. The van der Waals surface area contributed by atoms with Gasteiger partial charge >= 0.3 is 0 Å². The van der Waals surface area contributed by atoms with Crippen LogP contribution >= 0.6 is 23.2 Å². The molecule has 0 fully saturated rings. The van der Waals surface area contributed by atoms with Crippen molar-refractivity contribution in [3.63, 3.8) is 0 Å². The Labute approximate surface area is 170 Å². The van der Waals surface area contributed by atoms with Crippen LogP contribution < -0.4 is 0 Å². The molecule has 0 aliphatic carbocycles. The minimum absolute atomic E-state index is 0.0390. The highest BCUT2D eigenvalue weighted by atomic mass is 35.5. The predicted molar refractivity (Wildman–Crippen MR) is 105 cm³/mol. The van der Waals surface area contributed by atoms with Gasteiger partial charge in [0, 0.05) is 23.1 Å². The van der Waals surface area contributed by atoms with Gasteiger partial charge in [-0.15, -0.1) is 0 Å². The van der Waals surface area contributed by atoms with Crippen molar-refractivity contribution in [2.24, 2.45) is 0 Å². The van der Waals surface area contributed by atoms with Crippen LogP contribution in [-0.4, -0.2) is 33.1 Å². The first-order valence-electron chi connectivity index (χ1n) is 8.53. The molecular weight excluding hydrogens is 407 g/mol. The Kier molecular flexibility index (Phi) is 4.63. The Morgan fingerprint density at radius 1 is 1.11 bits per heavy atom. The minimum atomic E-state index is -2.99. The van der Waals surface area contributed by atoms with E-state index in [9.17, 15) is 13.6 Å². The lowest BCUT2D eigenvalue weighted by Crippen LogP contribution is -2.35. The fourth-order valence-corrected chi connectivity index (χ4v) is 3.70. The maximum atomic E-state index is 13.5. The van der Waals surface area contributed by atoms with Crippen molar-refractivity contribution in [2.45, 2.75) is 19.5 Å². The van der Waals surface area contributed by atoms with Gasteiger partial charge in [0.1, 0.15) is 18.1 Å². The van der Waals surface area contributed by atoms with Gasteiger partial charge in [0.05, 0.1) is 11.6 Å². The molecule has 0 radical (unpaired) electrons. The van der Waals surface area contributed by atoms with E-state index in [1.54, 1.807) is 36.4 Å². The van der Waals surface area contributed by atoms with Crippen molar-refractivity contribution in [2.75, 3.05) is 6.54 Å². The number of hydrogen-bond acceptors (Lipinski definition) is 2. The SMILES string of the molecule is CC(F)(F)CN1Cn2nc(-c3ccccc3Cl)c(-c3ccc(Cl)cc3)c2C1=O. The zero-order valence-corrected chi connectivity index (χ0v) is 16.3. The molecule has 1 aliphatic heterocycles. The summed E-state index contributed by atoms with van der Waals surface area (Å²) in [6, 6.07) is 14.1. The Hall–Kier alpha value is -2.44. The van der Waals surface area contributed by atoms with Gasteiger partial charge in [-0.25, -0.2) is 13.5 Å². The molecule has 4 rings (SSSR count). The van der Waals surface area contributed by atoms with Crippen LogP contribution in [0.1, 0.15) is 17.4 Å².